The number of Topliss-reactive ketones (excluding diaryl/α,β-unsaturated/α-hetero) is 1. The Labute approximate surface area is 244 Å². The van der Waals surface area contributed by atoms with Crippen LogP contribution in [0, 0.1) is 5.82 Å². The van der Waals surface area contributed by atoms with Crippen molar-refractivity contribution in [2.24, 2.45) is 0 Å². The number of aromatic nitrogens is 2. The van der Waals surface area contributed by atoms with E-state index >= 15 is 0 Å². The molecule has 1 heterocycles. The molecule has 0 atom stereocenters. The van der Waals surface area contributed by atoms with Crippen molar-refractivity contribution in [2.45, 2.75) is 39.3 Å². The van der Waals surface area contributed by atoms with E-state index in [-0.39, 0.29) is 17.3 Å². The highest BCUT2D eigenvalue weighted by atomic mass is 19.1. The minimum Gasteiger partial charge on any atom is -0.444 e. The number of nitrogens with one attached hydrogen (secondary N) is 2. The molecular weight excluding hydrogens is 537 g/mol. The maximum absolute atomic E-state index is 13.7. The highest BCUT2D eigenvalue weighted by molar-refractivity contribution is 6.12. The molecule has 0 fully saturated rings. The van der Waals surface area contributed by atoms with Crippen molar-refractivity contribution < 1.29 is 23.5 Å². The SMILES string of the molecule is CN(C)Cc1cc(NC(=O)OC(C)(C)C)c(NC(=O)CC(=O)c2cccc(-n3ccnc3)c2)cc1-c1ccc(F)cc1. The molecule has 218 valence electrons. The number of hydrogen-bond acceptors (Lipinski definition) is 6. The summed E-state index contributed by atoms with van der Waals surface area (Å²) in [4.78, 5) is 45.0. The highest BCUT2D eigenvalue weighted by Crippen LogP contribution is 2.34. The van der Waals surface area contributed by atoms with Crippen molar-refractivity contribution in [1.82, 2.24) is 14.5 Å². The molecule has 0 aliphatic heterocycles. The van der Waals surface area contributed by atoms with Crippen molar-refractivity contribution in [3.05, 3.63) is 96.3 Å². The Kier molecular flexibility index (Phi) is 9.17. The number of amides is 2. The topological polar surface area (TPSA) is 106 Å². The second-order valence-electron chi connectivity index (χ2n) is 11.1. The molecular formula is C32H34FN5O4. The first-order valence-electron chi connectivity index (χ1n) is 13.4. The number of halogens is 1. The van der Waals surface area contributed by atoms with E-state index in [4.69, 9.17) is 4.74 Å². The lowest BCUT2D eigenvalue weighted by molar-refractivity contribution is -0.115. The molecule has 3 aromatic carbocycles. The Balaban J connectivity index is 1.66. The van der Waals surface area contributed by atoms with Crippen molar-refractivity contribution in [2.75, 3.05) is 24.7 Å². The number of carbonyl (C=O) groups is 3. The number of ether oxygens (including phenoxy) is 1. The molecule has 10 heteroatoms. The van der Waals surface area contributed by atoms with Crippen LogP contribution in [0.3, 0.4) is 0 Å². The standard InChI is InChI=1S/C32H34FN5O4/c1-32(2,3)42-31(41)36-27-16-23(19-37(4)5)26(21-9-11-24(33)12-10-21)17-28(27)35-30(40)18-29(39)22-7-6-8-25(15-22)38-14-13-34-20-38/h6-17,20H,18-19H2,1-5H3,(H,35,40)(H,36,41). The van der Waals surface area contributed by atoms with Gasteiger partial charge in [-0.05, 0) is 88.0 Å². The van der Waals surface area contributed by atoms with Crippen LogP contribution in [0.2, 0.25) is 0 Å². The number of carbonyl (C=O) groups excluding carboxylic acids is 3. The number of imidazole rings is 1. The largest absolute Gasteiger partial charge is 0.444 e. The van der Waals surface area contributed by atoms with E-state index in [1.807, 2.05) is 25.1 Å². The van der Waals surface area contributed by atoms with Gasteiger partial charge in [0.15, 0.2) is 5.78 Å². The number of anilines is 2. The Morgan fingerprint density at radius 1 is 0.976 bits per heavy atom. The van der Waals surface area contributed by atoms with Crippen LogP contribution in [-0.2, 0) is 16.1 Å². The first-order valence-corrected chi connectivity index (χ1v) is 13.4. The summed E-state index contributed by atoms with van der Waals surface area (Å²) < 4.78 is 20.9. The van der Waals surface area contributed by atoms with Gasteiger partial charge >= 0.3 is 6.09 Å². The molecule has 2 amide bonds. The maximum Gasteiger partial charge on any atom is 0.412 e. The molecule has 0 saturated heterocycles. The summed E-state index contributed by atoms with van der Waals surface area (Å²) in [6.45, 7) is 5.74. The predicted octanol–water partition coefficient (Wildman–Crippen LogP) is 6.30. The van der Waals surface area contributed by atoms with Gasteiger partial charge in [0, 0.05) is 30.2 Å². The zero-order chi connectivity index (χ0) is 30.4. The Morgan fingerprint density at radius 2 is 1.69 bits per heavy atom. The lowest BCUT2D eigenvalue weighted by atomic mass is 9.97. The van der Waals surface area contributed by atoms with Crippen molar-refractivity contribution >= 4 is 29.2 Å². The van der Waals surface area contributed by atoms with E-state index in [1.165, 1.54) is 12.1 Å². The molecule has 1 aromatic heterocycles. The quantitative estimate of drug-likeness (QED) is 0.181. The number of nitrogens with zero attached hydrogens (tertiary/aromatic N) is 3. The fraction of sp³-hybridized carbons (Fsp3) is 0.250. The third-order valence-corrected chi connectivity index (χ3v) is 6.09. The van der Waals surface area contributed by atoms with Crippen LogP contribution in [0.15, 0.2) is 79.4 Å². The molecule has 0 bridgehead atoms. The van der Waals surface area contributed by atoms with Crippen molar-refractivity contribution in [1.29, 1.82) is 0 Å². The number of ketones is 1. The maximum atomic E-state index is 13.7. The van der Waals surface area contributed by atoms with Gasteiger partial charge in [0.2, 0.25) is 5.91 Å². The normalized spacial score (nSPS) is 11.3. The van der Waals surface area contributed by atoms with Gasteiger partial charge in [-0.1, -0.05) is 24.3 Å². The average molecular weight is 572 g/mol. The van der Waals surface area contributed by atoms with Crippen LogP contribution < -0.4 is 10.6 Å². The lowest BCUT2D eigenvalue weighted by Crippen LogP contribution is -2.28. The molecule has 2 N–H and O–H groups in total. The van der Waals surface area contributed by atoms with Gasteiger partial charge in [0.1, 0.15) is 11.4 Å². The molecule has 4 aromatic rings. The zero-order valence-corrected chi connectivity index (χ0v) is 24.3. The molecule has 0 saturated carbocycles. The summed E-state index contributed by atoms with van der Waals surface area (Å²) in [6, 6.07) is 16.4. The summed E-state index contributed by atoms with van der Waals surface area (Å²) in [5.74, 6) is -1.31. The van der Waals surface area contributed by atoms with Crippen LogP contribution in [0.25, 0.3) is 16.8 Å². The number of benzene rings is 3. The van der Waals surface area contributed by atoms with Crippen LogP contribution in [0.4, 0.5) is 20.6 Å². The van der Waals surface area contributed by atoms with Gasteiger partial charge in [-0.3, -0.25) is 14.9 Å². The summed E-state index contributed by atoms with van der Waals surface area (Å²) in [5, 5.41) is 5.52. The molecule has 42 heavy (non-hydrogen) atoms. The Hall–Kier alpha value is -4.83. The number of hydrogen-bond donors (Lipinski definition) is 2. The summed E-state index contributed by atoms with van der Waals surface area (Å²) in [6.07, 6.45) is 3.89. The molecule has 0 unspecified atom stereocenters. The van der Waals surface area contributed by atoms with Crippen LogP contribution in [0.5, 0.6) is 0 Å². The second-order valence-corrected chi connectivity index (χ2v) is 11.1. The first kappa shape index (κ1) is 30.1. The fourth-order valence-corrected chi connectivity index (χ4v) is 4.33. The average Bonchev–Trinajstić information content (AvgIpc) is 3.44. The summed E-state index contributed by atoms with van der Waals surface area (Å²) in [7, 11) is 3.80. The molecule has 0 radical (unpaired) electrons. The number of rotatable bonds is 9. The Morgan fingerprint density at radius 3 is 2.33 bits per heavy atom. The highest BCUT2D eigenvalue weighted by Gasteiger charge is 2.21. The third-order valence-electron chi connectivity index (χ3n) is 6.09. The molecule has 0 aliphatic carbocycles. The molecule has 4 rings (SSSR count). The minimum absolute atomic E-state index is 0.271. The summed E-state index contributed by atoms with van der Waals surface area (Å²) >= 11 is 0. The van der Waals surface area contributed by atoms with Crippen LogP contribution in [0.1, 0.15) is 43.1 Å². The first-order chi connectivity index (χ1) is 19.9. The molecule has 0 spiro atoms. The fourth-order valence-electron chi connectivity index (χ4n) is 4.33. The van der Waals surface area contributed by atoms with Gasteiger partial charge in [-0.25, -0.2) is 14.2 Å². The van der Waals surface area contributed by atoms with Gasteiger partial charge < -0.3 is 19.5 Å². The van der Waals surface area contributed by atoms with E-state index in [0.29, 0.717) is 17.8 Å². The monoisotopic (exact) mass is 571 g/mol. The van der Waals surface area contributed by atoms with Crippen molar-refractivity contribution in [3.63, 3.8) is 0 Å². The molecule has 0 aliphatic rings. The van der Waals surface area contributed by atoms with Gasteiger partial charge in [-0.2, -0.15) is 0 Å². The van der Waals surface area contributed by atoms with E-state index in [9.17, 15) is 18.8 Å². The van der Waals surface area contributed by atoms with Gasteiger partial charge in [0.05, 0.1) is 24.1 Å². The smallest absolute Gasteiger partial charge is 0.412 e. The zero-order valence-electron chi connectivity index (χ0n) is 24.3. The van der Waals surface area contributed by atoms with Crippen LogP contribution >= 0.6 is 0 Å². The van der Waals surface area contributed by atoms with E-state index < -0.39 is 24.0 Å². The van der Waals surface area contributed by atoms with E-state index in [1.54, 1.807) is 86.5 Å². The van der Waals surface area contributed by atoms with Crippen LogP contribution in [-0.4, -0.2) is 51.9 Å². The predicted molar refractivity (Wildman–Crippen MR) is 160 cm³/mol. The van der Waals surface area contributed by atoms with E-state index in [2.05, 4.69) is 15.6 Å². The third kappa shape index (κ3) is 8.11. The summed E-state index contributed by atoms with van der Waals surface area (Å²) in [5.41, 5.74) is 3.21. The minimum atomic E-state index is -0.744. The second kappa shape index (κ2) is 12.8. The molecule has 9 nitrogen and oxygen atoms in total. The van der Waals surface area contributed by atoms with Crippen molar-refractivity contribution in [3.8, 4) is 16.8 Å². The van der Waals surface area contributed by atoms with E-state index in [0.717, 1.165) is 22.4 Å². The Bertz CT molecular complexity index is 1580. The van der Waals surface area contributed by atoms with Gasteiger partial charge in [-0.15, -0.1) is 0 Å². The lowest BCUT2D eigenvalue weighted by Gasteiger charge is -2.22. The van der Waals surface area contributed by atoms with Gasteiger partial charge in [0.25, 0.3) is 0 Å².